The fraction of sp³-hybridized carbons (Fsp3) is 0.222. The monoisotopic (exact) mass is 233 g/mol. The molecular formula is C9H6F3NOS. The van der Waals surface area contributed by atoms with Gasteiger partial charge in [0.1, 0.15) is 11.6 Å². The lowest BCUT2D eigenvalue weighted by atomic mass is 10.1. The number of ether oxygens (including phenoxy) is 1. The first kappa shape index (κ1) is 10.2. The standard InChI is InChI=1S/C9H6F3NOS/c10-9(11,12)5-2-1-3-6-8(5)14-4-7(15)13-6/h1-3H,4H2,(H,13,15). The Balaban J connectivity index is 2.51. The third kappa shape index (κ3) is 1.90. The predicted molar refractivity (Wildman–Crippen MR) is 53.2 cm³/mol. The lowest BCUT2D eigenvalue weighted by Crippen LogP contribution is -2.25. The molecule has 0 unspecified atom stereocenters. The van der Waals surface area contributed by atoms with Crippen molar-refractivity contribution in [2.45, 2.75) is 6.18 Å². The average Bonchev–Trinajstić information content (AvgIpc) is 2.15. The zero-order chi connectivity index (χ0) is 11.1. The summed E-state index contributed by atoms with van der Waals surface area (Å²) < 4.78 is 42.6. The van der Waals surface area contributed by atoms with Crippen LogP contribution >= 0.6 is 12.2 Å². The summed E-state index contributed by atoms with van der Waals surface area (Å²) in [6, 6.07) is 3.79. The first-order chi connectivity index (χ1) is 6.98. The molecule has 2 nitrogen and oxygen atoms in total. The van der Waals surface area contributed by atoms with Crippen molar-refractivity contribution in [3.63, 3.8) is 0 Å². The fourth-order valence-electron chi connectivity index (χ4n) is 1.34. The molecule has 1 aliphatic heterocycles. The highest BCUT2D eigenvalue weighted by molar-refractivity contribution is 7.80. The van der Waals surface area contributed by atoms with E-state index >= 15 is 0 Å². The van der Waals surface area contributed by atoms with Gasteiger partial charge in [-0.15, -0.1) is 0 Å². The third-order valence-corrected chi connectivity index (χ3v) is 2.16. The Morgan fingerprint density at radius 3 is 2.73 bits per heavy atom. The fourth-order valence-corrected chi connectivity index (χ4v) is 1.51. The highest BCUT2D eigenvalue weighted by atomic mass is 32.1. The van der Waals surface area contributed by atoms with Gasteiger partial charge in [-0.2, -0.15) is 13.2 Å². The quantitative estimate of drug-likeness (QED) is 0.696. The van der Waals surface area contributed by atoms with Crippen molar-refractivity contribution in [2.24, 2.45) is 0 Å². The Kier molecular flexibility index (Phi) is 2.30. The SMILES string of the molecule is FC(F)(F)c1cccc2c1OCC(=S)N2. The molecule has 1 heterocycles. The van der Waals surface area contributed by atoms with E-state index in [2.05, 4.69) is 5.32 Å². The highest BCUT2D eigenvalue weighted by Crippen LogP contribution is 2.41. The van der Waals surface area contributed by atoms with E-state index in [-0.39, 0.29) is 18.0 Å². The van der Waals surface area contributed by atoms with E-state index in [4.69, 9.17) is 17.0 Å². The second-order valence-electron chi connectivity index (χ2n) is 3.02. The summed E-state index contributed by atoms with van der Waals surface area (Å²) in [6.45, 7) is -0.0184. The third-order valence-electron chi connectivity index (χ3n) is 1.94. The molecule has 1 N–H and O–H groups in total. The van der Waals surface area contributed by atoms with Crippen LogP contribution in [0.3, 0.4) is 0 Å². The topological polar surface area (TPSA) is 21.3 Å². The Morgan fingerprint density at radius 1 is 1.33 bits per heavy atom. The Bertz CT molecular complexity index is 416. The van der Waals surface area contributed by atoms with Crippen LogP contribution in [0, 0.1) is 0 Å². The Hall–Kier alpha value is -1.30. The van der Waals surface area contributed by atoms with E-state index in [1.54, 1.807) is 0 Å². The maximum Gasteiger partial charge on any atom is 0.420 e. The molecular weight excluding hydrogens is 227 g/mol. The average molecular weight is 233 g/mol. The van der Waals surface area contributed by atoms with Gasteiger partial charge >= 0.3 is 6.18 Å². The number of hydrogen-bond donors (Lipinski definition) is 1. The molecule has 0 atom stereocenters. The van der Waals surface area contributed by atoms with Crippen molar-refractivity contribution in [1.82, 2.24) is 0 Å². The second-order valence-corrected chi connectivity index (χ2v) is 3.51. The second kappa shape index (κ2) is 3.37. The number of nitrogens with one attached hydrogen (secondary N) is 1. The molecule has 1 aromatic rings. The Morgan fingerprint density at radius 2 is 2.07 bits per heavy atom. The number of fused-ring (bicyclic) bond motifs is 1. The number of halogens is 3. The van der Waals surface area contributed by atoms with Crippen LogP contribution in [0.2, 0.25) is 0 Å². The van der Waals surface area contributed by atoms with E-state index in [0.717, 1.165) is 6.07 Å². The van der Waals surface area contributed by atoms with E-state index in [9.17, 15) is 13.2 Å². The number of hydrogen-bond acceptors (Lipinski definition) is 2. The van der Waals surface area contributed by atoms with Crippen LogP contribution in [0.25, 0.3) is 0 Å². The van der Waals surface area contributed by atoms with Crippen molar-refractivity contribution in [3.05, 3.63) is 23.8 Å². The van der Waals surface area contributed by atoms with Crippen LogP contribution in [0.15, 0.2) is 18.2 Å². The molecule has 1 aromatic carbocycles. The van der Waals surface area contributed by atoms with Crippen LogP contribution in [0.1, 0.15) is 5.56 Å². The largest absolute Gasteiger partial charge is 0.484 e. The molecule has 1 aliphatic rings. The molecule has 0 saturated carbocycles. The summed E-state index contributed by atoms with van der Waals surface area (Å²) in [4.78, 5) is 0.377. The molecule has 0 aromatic heterocycles. The first-order valence-electron chi connectivity index (χ1n) is 4.11. The summed E-state index contributed by atoms with van der Waals surface area (Å²) in [6.07, 6.45) is -4.41. The summed E-state index contributed by atoms with van der Waals surface area (Å²) in [5.41, 5.74) is -0.518. The predicted octanol–water partition coefficient (Wildman–Crippen LogP) is 2.84. The highest BCUT2D eigenvalue weighted by Gasteiger charge is 2.36. The molecule has 0 radical (unpaired) electrons. The van der Waals surface area contributed by atoms with Gasteiger partial charge in [-0.1, -0.05) is 18.3 Å². The van der Waals surface area contributed by atoms with Gasteiger partial charge in [0.2, 0.25) is 0 Å². The molecule has 0 fully saturated rings. The van der Waals surface area contributed by atoms with Gasteiger partial charge in [0.05, 0.1) is 11.3 Å². The maximum atomic E-state index is 12.5. The van der Waals surface area contributed by atoms with Gasteiger partial charge in [-0.25, -0.2) is 0 Å². The van der Waals surface area contributed by atoms with Crippen molar-refractivity contribution < 1.29 is 17.9 Å². The van der Waals surface area contributed by atoms with Gasteiger partial charge in [0.15, 0.2) is 5.75 Å². The zero-order valence-electron chi connectivity index (χ0n) is 7.39. The molecule has 0 spiro atoms. The Labute approximate surface area is 89.0 Å². The number of alkyl halides is 3. The zero-order valence-corrected chi connectivity index (χ0v) is 8.21. The molecule has 2 rings (SSSR count). The molecule has 80 valence electrons. The van der Waals surface area contributed by atoms with Crippen LogP contribution in [-0.2, 0) is 6.18 Å². The number of thiocarbonyl (C=S) groups is 1. The number of rotatable bonds is 0. The van der Waals surface area contributed by atoms with E-state index < -0.39 is 11.7 Å². The summed E-state index contributed by atoms with van der Waals surface area (Å²) >= 11 is 4.80. The van der Waals surface area contributed by atoms with E-state index in [1.807, 2.05) is 0 Å². The van der Waals surface area contributed by atoms with Crippen LogP contribution in [0.4, 0.5) is 18.9 Å². The van der Waals surface area contributed by atoms with Gasteiger partial charge in [-0.05, 0) is 12.1 Å². The van der Waals surface area contributed by atoms with Crippen molar-refractivity contribution in [3.8, 4) is 5.75 Å². The normalized spacial score (nSPS) is 15.3. The van der Waals surface area contributed by atoms with Crippen molar-refractivity contribution in [2.75, 3.05) is 11.9 Å². The molecule has 15 heavy (non-hydrogen) atoms. The van der Waals surface area contributed by atoms with Gasteiger partial charge in [0, 0.05) is 0 Å². The molecule has 6 heteroatoms. The molecule has 0 saturated heterocycles. The minimum absolute atomic E-state index is 0.0184. The van der Waals surface area contributed by atoms with Crippen molar-refractivity contribution >= 4 is 22.9 Å². The van der Waals surface area contributed by atoms with E-state index in [0.29, 0.717) is 4.99 Å². The summed E-state index contributed by atoms with van der Waals surface area (Å²) in [5.74, 6) is -0.182. The smallest absolute Gasteiger partial charge is 0.420 e. The van der Waals surface area contributed by atoms with Crippen LogP contribution in [0.5, 0.6) is 5.75 Å². The summed E-state index contributed by atoms with van der Waals surface area (Å²) in [5, 5.41) is 2.68. The number of anilines is 1. The minimum Gasteiger partial charge on any atom is -0.484 e. The van der Waals surface area contributed by atoms with E-state index in [1.165, 1.54) is 12.1 Å². The molecule has 0 aliphatic carbocycles. The molecule has 0 bridgehead atoms. The molecule has 0 amide bonds. The van der Waals surface area contributed by atoms with Gasteiger partial charge < -0.3 is 10.1 Å². The lowest BCUT2D eigenvalue weighted by Gasteiger charge is -2.22. The van der Waals surface area contributed by atoms with Crippen LogP contribution in [-0.4, -0.2) is 11.6 Å². The maximum absolute atomic E-state index is 12.5. The first-order valence-corrected chi connectivity index (χ1v) is 4.52. The number of benzene rings is 1. The summed E-state index contributed by atoms with van der Waals surface area (Å²) in [7, 11) is 0. The lowest BCUT2D eigenvalue weighted by molar-refractivity contribution is -0.138. The minimum atomic E-state index is -4.41. The van der Waals surface area contributed by atoms with Gasteiger partial charge in [-0.3, -0.25) is 0 Å². The van der Waals surface area contributed by atoms with Crippen LogP contribution < -0.4 is 10.1 Å². The van der Waals surface area contributed by atoms with Gasteiger partial charge in [0.25, 0.3) is 0 Å². The number of para-hydroxylation sites is 1. The van der Waals surface area contributed by atoms with Crippen molar-refractivity contribution in [1.29, 1.82) is 0 Å².